The number of aromatic amines is 1. The molecule has 1 aromatic heterocycles. The van der Waals surface area contributed by atoms with Gasteiger partial charge in [0, 0.05) is 12.0 Å². The van der Waals surface area contributed by atoms with Gasteiger partial charge >= 0.3 is 5.97 Å². The molecule has 0 aliphatic heterocycles. The maximum atomic E-state index is 10.7. The minimum atomic E-state index is -0.932. The Balaban J connectivity index is 2.23. The van der Waals surface area contributed by atoms with Crippen LogP contribution in [-0.2, 0) is 6.42 Å². The van der Waals surface area contributed by atoms with Gasteiger partial charge < -0.3 is 5.11 Å². The number of H-pyrrole nitrogens is 1. The molecule has 0 saturated carbocycles. The first-order valence-corrected chi connectivity index (χ1v) is 5.45. The van der Waals surface area contributed by atoms with E-state index in [4.69, 9.17) is 5.11 Å². The predicted octanol–water partition coefficient (Wildman–Crippen LogP) is 2.12. The first-order valence-electron chi connectivity index (χ1n) is 5.45. The molecule has 0 aliphatic carbocycles. The molecule has 0 bridgehead atoms. The highest BCUT2D eigenvalue weighted by molar-refractivity contribution is 5.88. The van der Waals surface area contributed by atoms with Gasteiger partial charge in [-0.1, -0.05) is 19.1 Å². The molecular formula is C12H13N3O2. The maximum absolute atomic E-state index is 10.7. The van der Waals surface area contributed by atoms with Crippen molar-refractivity contribution in [2.45, 2.75) is 19.8 Å². The fourth-order valence-electron chi connectivity index (χ4n) is 1.53. The number of carboxylic acid groups (broad SMARTS) is 1. The Bertz CT molecular complexity index is 517. The molecule has 88 valence electrons. The van der Waals surface area contributed by atoms with Gasteiger partial charge in [-0.25, -0.2) is 9.78 Å². The number of aromatic nitrogens is 3. The first-order chi connectivity index (χ1) is 8.20. The number of nitrogens with one attached hydrogen (secondary N) is 1. The van der Waals surface area contributed by atoms with E-state index in [1.807, 2.05) is 0 Å². The third-order valence-electron chi connectivity index (χ3n) is 2.41. The number of rotatable bonds is 4. The normalized spacial score (nSPS) is 10.4. The predicted molar refractivity (Wildman–Crippen MR) is 62.8 cm³/mol. The van der Waals surface area contributed by atoms with Crippen molar-refractivity contribution in [3.63, 3.8) is 0 Å². The van der Waals surface area contributed by atoms with Crippen LogP contribution >= 0.6 is 0 Å². The molecule has 0 unspecified atom stereocenters. The van der Waals surface area contributed by atoms with Crippen LogP contribution in [0.25, 0.3) is 11.4 Å². The fourth-order valence-corrected chi connectivity index (χ4v) is 1.53. The highest BCUT2D eigenvalue weighted by atomic mass is 16.4. The van der Waals surface area contributed by atoms with Gasteiger partial charge in [-0.05, 0) is 18.6 Å². The lowest BCUT2D eigenvalue weighted by Crippen LogP contribution is -1.95. The van der Waals surface area contributed by atoms with Gasteiger partial charge in [-0.3, -0.25) is 5.10 Å². The second-order valence-electron chi connectivity index (χ2n) is 3.74. The minimum absolute atomic E-state index is 0.262. The number of hydrogen-bond donors (Lipinski definition) is 2. The van der Waals surface area contributed by atoms with E-state index in [1.165, 1.54) is 0 Å². The van der Waals surface area contributed by atoms with Crippen molar-refractivity contribution in [3.8, 4) is 11.4 Å². The van der Waals surface area contributed by atoms with Crippen LogP contribution in [0.3, 0.4) is 0 Å². The van der Waals surface area contributed by atoms with Crippen molar-refractivity contribution in [3.05, 3.63) is 35.7 Å². The highest BCUT2D eigenvalue weighted by Crippen LogP contribution is 2.15. The zero-order valence-electron chi connectivity index (χ0n) is 9.47. The molecule has 0 atom stereocenters. The van der Waals surface area contributed by atoms with Crippen LogP contribution in [0, 0.1) is 0 Å². The van der Waals surface area contributed by atoms with Gasteiger partial charge in [0.2, 0.25) is 0 Å². The van der Waals surface area contributed by atoms with E-state index in [2.05, 4.69) is 22.1 Å². The van der Waals surface area contributed by atoms with Crippen LogP contribution in [0.4, 0.5) is 0 Å². The van der Waals surface area contributed by atoms with Crippen molar-refractivity contribution in [1.29, 1.82) is 0 Å². The Morgan fingerprint density at radius 1 is 1.35 bits per heavy atom. The number of hydrogen-bond acceptors (Lipinski definition) is 3. The largest absolute Gasteiger partial charge is 0.478 e. The number of aryl methyl sites for hydroxylation is 1. The summed E-state index contributed by atoms with van der Waals surface area (Å²) in [4.78, 5) is 15.0. The molecule has 5 nitrogen and oxygen atoms in total. The van der Waals surface area contributed by atoms with E-state index in [-0.39, 0.29) is 5.56 Å². The molecule has 0 amide bonds. The lowest BCUT2D eigenvalue weighted by atomic mass is 10.1. The topological polar surface area (TPSA) is 78.9 Å². The third kappa shape index (κ3) is 2.50. The van der Waals surface area contributed by atoms with E-state index in [0.717, 1.165) is 24.2 Å². The molecule has 2 rings (SSSR count). The standard InChI is InChI=1S/C12H13N3O2/c1-2-3-10-13-11(15-14-10)8-4-6-9(7-5-8)12(16)17/h4-7H,2-3H2,1H3,(H,16,17)(H,13,14,15). The molecule has 0 spiro atoms. The highest BCUT2D eigenvalue weighted by Gasteiger charge is 2.07. The molecule has 0 radical (unpaired) electrons. The van der Waals surface area contributed by atoms with Crippen molar-refractivity contribution in [2.75, 3.05) is 0 Å². The Labute approximate surface area is 98.5 Å². The van der Waals surface area contributed by atoms with E-state index in [1.54, 1.807) is 24.3 Å². The van der Waals surface area contributed by atoms with E-state index in [0.29, 0.717) is 5.82 Å². The number of nitrogens with zero attached hydrogens (tertiary/aromatic N) is 2. The number of carboxylic acids is 1. The van der Waals surface area contributed by atoms with Crippen LogP contribution in [0.2, 0.25) is 0 Å². The Hall–Kier alpha value is -2.17. The Morgan fingerprint density at radius 3 is 2.65 bits per heavy atom. The summed E-state index contributed by atoms with van der Waals surface area (Å²) in [5.74, 6) is 0.522. The second-order valence-corrected chi connectivity index (χ2v) is 3.74. The summed E-state index contributed by atoms with van der Waals surface area (Å²) in [6, 6.07) is 6.52. The van der Waals surface area contributed by atoms with Gasteiger partial charge in [0.15, 0.2) is 5.82 Å². The second kappa shape index (κ2) is 4.78. The Kier molecular flexibility index (Phi) is 3.18. The third-order valence-corrected chi connectivity index (χ3v) is 2.41. The zero-order valence-corrected chi connectivity index (χ0v) is 9.47. The summed E-state index contributed by atoms with van der Waals surface area (Å²) in [6.07, 6.45) is 1.87. The lowest BCUT2D eigenvalue weighted by Gasteiger charge is -1.96. The molecule has 0 saturated heterocycles. The summed E-state index contributed by atoms with van der Waals surface area (Å²) in [5, 5.41) is 15.7. The van der Waals surface area contributed by atoms with Crippen LogP contribution in [-0.4, -0.2) is 26.3 Å². The van der Waals surface area contributed by atoms with Crippen molar-refractivity contribution < 1.29 is 9.90 Å². The van der Waals surface area contributed by atoms with Crippen molar-refractivity contribution in [2.24, 2.45) is 0 Å². The van der Waals surface area contributed by atoms with Crippen molar-refractivity contribution in [1.82, 2.24) is 15.2 Å². The summed E-state index contributed by atoms with van der Waals surface area (Å²) >= 11 is 0. The summed E-state index contributed by atoms with van der Waals surface area (Å²) in [5.41, 5.74) is 1.08. The Morgan fingerprint density at radius 2 is 2.06 bits per heavy atom. The number of aromatic carboxylic acids is 1. The van der Waals surface area contributed by atoms with Gasteiger partial charge in [0.1, 0.15) is 5.82 Å². The SMILES string of the molecule is CCCc1nc(-c2ccc(C(=O)O)cc2)n[nH]1. The molecule has 1 aromatic carbocycles. The monoisotopic (exact) mass is 231 g/mol. The molecule has 2 aromatic rings. The van der Waals surface area contributed by atoms with E-state index < -0.39 is 5.97 Å². The molecule has 0 aliphatic rings. The average molecular weight is 231 g/mol. The van der Waals surface area contributed by atoms with Gasteiger partial charge in [-0.2, -0.15) is 5.10 Å². The lowest BCUT2D eigenvalue weighted by molar-refractivity contribution is 0.0697. The number of benzene rings is 1. The summed E-state index contributed by atoms with van der Waals surface area (Å²) in [7, 11) is 0. The van der Waals surface area contributed by atoms with E-state index >= 15 is 0 Å². The molecule has 0 fully saturated rings. The van der Waals surface area contributed by atoms with Crippen LogP contribution < -0.4 is 0 Å². The molecule has 1 heterocycles. The molecule has 17 heavy (non-hydrogen) atoms. The number of carbonyl (C=O) groups is 1. The summed E-state index contributed by atoms with van der Waals surface area (Å²) < 4.78 is 0. The molecular weight excluding hydrogens is 218 g/mol. The fraction of sp³-hybridized carbons (Fsp3) is 0.250. The maximum Gasteiger partial charge on any atom is 0.335 e. The molecule has 2 N–H and O–H groups in total. The average Bonchev–Trinajstić information content (AvgIpc) is 2.78. The van der Waals surface area contributed by atoms with Gasteiger partial charge in [-0.15, -0.1) is 0 Å². The summed E-state index contributed by atoms with van der Waals surface area (Å²) in [6.45, 7) is 2.07. The zero-order chi connectivity index (χ0) is 12.3. The van der Waals surface area contributed by atoms with Crippen LogP contribution in [0.15, 0.2) is 24.3 Å². The van der Waals surface area contributed by atoms with Crippen molar-refractivity contribution >= 4 is 5.97 Å². The quantitative estimate of drug-likeness (QED) is 0.844. The first kappa shape index (κ1) is 11.3. The van der Waals surface area contributed by atoms with Crippen LogP contribution in [0.1, 0.15) is 29.5 Å². The van der Waals surface area contributed by atoms with E-state index in [9.17, 15) is 4.79 Å². The smallest absolute Gasteiger partial charge is 0.335 e. The van der Waals surface area contributed by atoms with Crippen LogP contribution in [0.5, 0.6) is 0 Å². The minimum Gasteiger partial charge on any atom is -0.478 e. The molecule has 5 heteroatoms. The van der Waals surface area contributed by atoms with Gasteiger partial charge in [0.05, 0.1) is 5.56 Å². The van der Waals surface area contributed by atoms with Gasteiger partial charge in [0.25, 0.3) is 0 Å².